The summed E-state index contributed by atoms with van der Waals surface area (Å²) in [7, 11) is 1.61. The molecular formula is C21H21NO3. The molecule has 0 aliphatic carbocycles. The van der Waals surface area contributed by atoms with Crippen LogP contribution < -0.4 is 14.8 Å². The molecule has 1 N–H and O–H groups in total. The Bertz CT molecular complexity index is 858. The standard InChI is InChI=1S/C21H21NO3/c1-3-20(21(23)22-17-9-12-18(24-2)13-10-17)25-19-11-8-15-6-4-5-7-16(15)14-19/h4-14,20H,3H2,1-2H3,(H,22,23)/t20-/m1/s1. The van der Waals surface area contributed by atoms with Gasteiger partial charge in [-0.3, -0.25) is 4.79 Å². The van der Waals surface area contributed by atoms with Crippen LogP contribution in [0.3, 0.4) is 0 Å². The smallest absolute Gasteiger partial charge is 0.265 e. The van der Waals surface area contributed by atoms with E-state index in [4.69, 9.17) is 9.47 Å². The molecule has 0 radical (unpaired) electrons. The Hall–Kier alpha value is -3.01. The summed E-state index contributed by atoms with van der Waals surface area (Å²) in [6.07, 6.45) is 0.0257. The van der Waals surface area contributed by atoms with Crippen molar-refractivity contribution in [2.45, 2.75) is 19.4 Å². The van der Waals surface area contributed by atoms with Gasteiger partial charge in [-0.1, -0.05) is 37.3 Å². The highest BCUT2D eigenvalue weighted by Gasteiger charge is 2.18. The summed E-state index contributed by atoms with van der Waals surface area (Å²) in [5.41, 5.74) is 0.714. The lowest BCUT2D eigenvalue weighted by Crippen LogP contribution is -2.32. The second-order valence-corrected chi connectivity index (χ2v) is 5.74. The van der Waals surface area contributed by atoms with Gasteiger partial charge >= 0.3 is 0 Å². The maximum absolute atomic E-state index is 12.5. The highest BCUT2D eigenvalue weighted by atomic mass is 16.5. The first kappa shape index (κ1) is 16.8. The van der Waals surface area contributed by atoms with Crippen LogP contribution in [-0.4, -0.2) is 19.1 Å². The Kier molecular flexibility index (Phi) is 5.19. The van der Waals surface area contributed by atoms with E-state index < -0.39 is 6.10 Å². The van der Waals surface area contributed by atoms with Crippen LogP contribution in [0, 0.1) is 0 Å². The summed E-state index contributed by atoms with van der Waals surface area (Å²) in [6, 6.07) is 21.1. The Morgan fingerprint density at radius 3 is 2.32 bits per heavy atom. The van der Waals surface area contributed by atoms with Crippen LogP contribution in [0.15, 0.2) is 66.7 Å². The number of amides is 1. The Labute approximate surface area is 147 Å². The molecular weight excluding hydrogens is 314 g/mol. The monoisotopic (exact) mass is 335 g/mol. The Morgan fingerprint density at radius 1 is 0.960 bits per heavy atom. The normalized spacial score (nSPS) is 11.8. The zero-order valence-electron chi connectivity index (χ0n) is 14.4. The third-order valence-corrected chi connectivity index (χ3v) is 4.02. The van der Waals surface area contributed by atoms with Crippen LogP contribution in [0.5, 0.6) is 11.5 Å². The highest BCUT2D eigenvalue weighted by molar-refractivity contribution is 5.94. The molecule has 3 rings (SSSR count). The molecule has 0 heterocycles. The van der Waals surface area contributed by atoms with Crippen LogP contribution in [-0.2, 0) is 4.79 Å². The largest absolute Gasteiger partial charge is 0.497 e. The van der Waals surface area contributed by atoms with Gasteiger partial charge in [0.1, 0.15) is 11.5 Å². The van der Waals surface area contributed by atoms with Gasteiger partial charge in [0.25, 0.3) is 5.91 Å². The first-order chi connectivity index (χ1) is 12.2. The van der Waals surface area contributed by atoms with E-state index in [0.717, 1.165) is 16.5 Å². The quantitative estimate of drug-likeness (QED) is 0.713. The van der Waals surface area contributed by atoms with Crippen molar-refractivity contribution in [1.82, 2.24) is 0 Å². The number of carbonyl (C=O) groups is 1. The average Bonchev–Trinajstić information content (AvgIpc) is 2.66. The molecule has 0 unspecified atom stereocenters. The third kappa shape index (κ3) is 4.10. The number of anilines is 1. The first-order valence-corrected chi connectivity index (χ1v) is 8.30. The maximum Gasteiger partial charge on any atom is 0.265 e. The van der Waals surface area contributed by atoms with Gasteiger partial charge in [0.15, 0.2) is 6.10 Å². The maximum atomic E-state index is 12.5. The minimum absolute atomic E-state index is 0.166. The topological polar surface area (TPSA) is 47.6 Å². The molecule has 0 aliphatic heterocycles. The lowest BCUT2D eigenvalue weighted by Gasteiger charge is -2.18. The van der Waals surface area contributed by atoms with Crippen molar-refractivity contribution >= 4 is 22.4 Å². The average molecular weight is 335 g/mol. The summed E-state index contributed by atoms with van der Waals surface area (Å²) < 4.78 is 11.0. The molecule has 0 saturated heterocycles. The fourth-order valence-corrected chi connectivity index (χ4v) is 2.62. The molecule has 1 amide bonds. The predicted octanol–water partition coefficient (Wildman–Crippen LogP) is 4.64. The van der Waals surface area contributed by atoms with Crippen molar-refractivity contribution in [2.75, 3.05) is 12.4 Å². The summed E-state index contributed by atoms with van der Waals surface area (Å²) in [5, 5.41) is 5.11. The lowest BCUT2D eigenvalue weighted by atomic mass is 10.1. The molecule has 0 aliphatic rings. The second kappa shape index (κ2) is 7.71. The number of ether oxygens (including phenoxy) is 2. The van der Waals surface area contributed by atoms with E-state index in [1.807, 2.05) is 49.4 Å². The number of carbonyl (C=O) groups excluding carboxylic acids is 1. The fraction of sp³-hybridized carbons (Fsp3) is 0.190. The number of nitrogens with one attached hydrogen (secondary N) is 1. The van der Waals surface area contributed by atoms with E-state index in [9.17, 15) is 4.79 Å². The minimum Gasteiger partial charge on any atom is -0.497 e. The molecule has 0 aromatic heterocycles. The summed E-state index contributed by atoms with van der Waals surface area (Å²) in [6.45, 7) is 1.93. The van der Waals surface area contributed by atoms with E-state index in [0.29, 0.717) is 17.9 Å². The number of rotatable bonds is 6. The molecule has 128 valence electrons. The van der Waals surface area contributed by atoms with Gasteiger partial charge in [-0.25, -0.2) is 0 Å². The van der Waals surface area contributed by atoms with Crippen LogP contribution in [0.1, 0.15) is 13.3 Å². The number of hydrogen-bond acceptors (Lipinski definition) is 3. The number of hydrogen-bond donors (Lipinski definition) is 1. The number of methoxy groups -OCH3 is 1. The zero-order chi connectivity index (χ0) is 17.6. The van der Waals surface area contributed by atoms with Crippen LogP contribution in [0.25, 0.3) is 10.8 Å². The van der Waals surface area contributed by atoms with Crippen molar-refractivity contribution in [3.63, 3.8) is 0 Å². The lowest BCUT2D eigenvalue weighted by molar-refractivity contribution is -0.122. The molecule has 0 saturated carbocycles. The van der Waals surface area contributed by atoms with E-state index >= 15 is 0 Å². The van der Waals surface area contributed by atoms with Gasteiger partial charge in [-0.05, 0) is 53.6 Å². The second-order valence-electron chi connectivity index (χ2n) is 5.74. The Morgan fingerprint density at radius 2 is 1.64 bits per heavy atom. The third-order valence-electron chi connectivity index (χ3n) is 4.02. The molecule has 0 fully saturated rings. The van der Waals surface area contributed by atoms with Gasteiger partial charge in [0.2, 0.25) is 0 Å². The van der Waals surface area contributed by atoms with Crippen LogP contribution in [0.2, 0.25) is 0 Å². The molecule has 3 aromatic carbocycles. The van der Waals surface area contributed by atoms with Crippen LogP contribution in [0.4, 0.5) is 5.69 Å². The molecule has 3 aromatic rings. The summed E-state index contributed by atoms with van der Waals surface area (Å²) in [4.78, 5) is 12.5. The zero-order valence-corrected chi connectivity index (χ0v) is 14.4. The van der Waals surface area contributed by atoms with E-state index in [2.05, 4.69) is 5.32 Å². The summed E-state index contributed by atoms with van der Waals surface area (Å²) >= 11 is 0. The number of fused-ring (bicyclic) bond motifs is 1. The highest BCUT2D eigenvalue weighted by Crippen LogP contribution is 2.22. The number of benzene rings is 3. The molecule has 4 heteroatoms. The molecule has 0 bridgehead atoms. The van der Waals surface area contributed by atoms with Gasteiger partial charge in [-0.15, -0.1) is 0 Å². The summed E-state index contributed by atoms with van der Waals surface area (Å²) in [5.74, 6) is 1.27. The molecule has 25 heavy (non-hydrogen) atoms. The first-order valence-electron chi connectivity index (χ1n) is 8.30. The van der Waals surface area contributed by atoms with Crippen molar-refractivity contribution in [2.24, 2.45) is 0 Å². The van der Waals surface area contributed by atoms with Crippen molar-refractivity contribution in [3.05, 3.63) is 66.7 Å². The van der Waals surface area contributed by atoms with Gasteiger partial charge in [-0.2, -0.15) is 0 Å². The van der Waals surface area contributed by atoms with Crippen molar-refractivity contribution in [1.29, 1.82) is 0 Å². The van der Waals surface area contributed by atoms with Gasteiger partial charge in [0, 0.05) is 5.69 Å². The van der Waals surface area contributed by atoms with Gasteiger partial charge < -0.3 is 14.8 Å². The molecule has 0 spiro atoms. The molecule has 1 atom stereocenters. The van der Waals surface area contributed by atoms with E-state index in [-0.39, 0.29) is 5.91 Å². The fourth-order valence-electron chi connectivity index (χ4n) is 2.62. The van der Waals surface area contributed by atoms with Gasteiger partial charge in [0.05, 0.1) is 7.11 Å². The van der Waals surface area contributed by atoms with E-state index in [1.165, 1.54) is 0 Å². The SMILES string of the molecule is CC[C@@H](Oc1ccc2ccccc2c1)C(=O)Nc1ccc(OC)cc1. The minimum atomic E-state index is -0.553. The van der Waals surface area contributed by atoms with Crippen LogP contribution >= 0.6 is 0 Å². The molecule has 4 nitrogen and oxygen atoms in total. The van der Waals surface area contributed by atoms with E-state index in [1.54, 1.807) is 31.4 Å². The predicted molar refractivity (Wildman–Crippen MR) is 100 cm³/mol. The van der Waals surface area contributed by atoms with Crippen molar-refractivity contribution in [3.8, 4) is 11.5 Å². The van der Waals surface area contributed by atoms with Crippen molar-refractivity contribution < 1.29 is 14.3 Å². The Balaban J connectivity index is 1.70.